The molecule has 4 amide bonds. The van der Waals surface area contributed by atoms with E-state index in [1.807, 2.05) is 26.8 Å². The Morgan fingerprint density at radius 2 is 1.73 bits per heavy atom. The summed E-state index contributed by atoms with van der Waals surface area (Å²) in [4.78, 5) is 70.5. The van der Waals surface area contributed by atoms with Crippen molar-refractivity contribution >= 4 is 39.4 Å². The third-order valence-corrected chi connectivity index (χ3v) is 11.5. The fraction of sp³-hybridized carbons (Fsp3) is 0.714. The van der Waals surface area contributed by atoms with Crippen LogP contribution in [0, 0.1) is 22.7 Å². The first-order chi connectivity index (χ1) is 24.4. The summed E-state index contributed by atoms with van der Waals surface area (Å²) < 4.78 is 29.1. The van der Waals surface area contributed by atoms with Gasteiger partial charge in [0.05, 0.1) is 6.04 Å². The Kier molecular flexibility index (Phi) is 13.2. The smallest absolute Gasteiger partial charge is 0.303 e. The molecule has 1 aromatic heterocycles. The lowest BCUT2D eigenvalue weighted by atomic mass is 9.70. The number of hydrogen-bond acceptors (Lipinski definition) is 10. The molecule has 3 fully saturated rings. The van der Waals surface area contributed by atoms with Gasteiger partial charge in [0.1, 0.15) is 18.1 Å². The van der Waals surface area contributed by atoms with Crippen LogP contribution in [0.1, 0.15) is 99.3 Å². The normalized spacial score (nSPS) is 22.0. The van der Waals surface area contributed by atoms with Gasteiger partial charge in [0.25, 0.3) is 15.9 Å². The first-order valence-electron chi connectivity index (χ1n) is 18.1. The van der Waals surface area contributed by atoms with Gasteiger partial charge in [0, 0.05) is 19.0 Å². The summed E-state index contributed by atoms with van der Waals surface area (Å²) in [6.45, 7) is 14.8. The number of likely N-dealkylation sites (tertiary alicyclic amines) is 1. The van der Waals surface area contributed by atoms with Crippen LogP contribution in [0.3, 0.4) is 0 Å². The number of amides is 4. The third-order valence-electron chi connectivity index (χ3n) is 10.3. The van der Waals surface area contributed by atoms with E-state index in [4.69, 9.17) is 0 Å². The number of allylic oxidation sites excluding steroid dienone is 1. The maximum atomic E-state index is 14.7. The SMILES string of the molecule is C=CCNC(=O)C(=O)C(CC1CC1)NC(=O)[C@@H]1[C@@H](C=C(C)C)CCN1C(=O)[C@@H](NC(=O)[C@@H](NS(=O)(=O)c1nn[nH]n1)C1(C)CCCCC1)C(C)(C)C. The minimum atomic E-state index is -4.37. The number of aromatic nitrogens is 4. The van der Waals surface area contributed by atoms with Crippen molar-refractivity contribution in [2.45, 2.75) is 129 Å². The van der Waals surface area contributed by atoms with E-state index in [1.165, 1.54) is 11.0 Å². The van der Waals surface area contributed by atoms with Gasteiger partial charge in [-0.25, -0.2) is 8.42 Å². The molecule has 2 heterocycles. The van der Waals surface area contributed by atoms with Crippen molar-refractivity contribution in [3.05, 3.63) is 24.3 Å². The molecule has 1 aliphatic heterocycles. The average molecular weight is 746 g/mol. The molecular formula is C35H55N9O7S. The van der Waals surface area contributed by atoms with Crippen molar-refractivity contribution in [1.29, 1.82) is 0 Å². The summed E-state index contributed by atoms with van der Waals surface area (Å²) in [5.74, 6) is -3.55. The number of tetrazole rings is 1. The third kappa shape index (κ3) is 10.1. The average Bonchev–Trinajstić information content (AvgIpc) is 3.51. The lowest BCUT2D eigenvalue weighted by molar-refractivity contribution is -0.146. The highest BCUT2D eigenvalue weighted by molar-refractivity contribution is 7.89. The van der Waals surface area contributed by atoms with Crippen LogP contribution < -0.4 is 20.7 Å². The Morgan fingerprint density at radius 3 is 2.29 bits per heavy atom. The minimum absolute atomic E-state index is 0.0979. The molecule has 0 spiro atoms. The topological polar surface area (TPSA) is 225 Å². The van der Waals surface area contributed by atoms with Crippen molar-refractivity contribution in [2.24, 2.45) is 22.7 Å². The van der Waals surface area contributed by atoms with Gasteiger partial charge in [-0.05, 0) is 61.5 Å². The number of Topliss-reactive ketones (excluding diaryl/α,β-unsaturated/α-hetero) is 1. The summed E-state index contributed by atoms with van der Waals surface area (Å²) in [6.07, 6.45) is 9.58. The monoisotopic (exact) mass is 745 g/mol. The molecule has 288 valence electrons. The zero-order valence-corrected chi connectivity index (χ0v) is 32.0. The molecule has 4 rings (SSSR count). The standard InChI is InChI=1S/C35H55N9O7S/c1-8-17-36-30(47)26(45)24(20-22-12-13-22)37-29(46)25-23(19-21(2)3)14-18-44(25)32(49)28(34(4,5)6)38-31(48)27(35(7)15-10-9-11-16-35)41-52(50,51)33-39-42-43-40-33/h8,19,22-25,27-28,41H,1,9-18,20H2,2-7H3,(H,36,47)(H,37,46)(H,38,48)(H,39,40,42,43)/t23-,24?,25+,27-,28-/m1/s1. The molecule has 1 unspecified atom stereocenters. The van der Waals surface area contributed by atoms with Crippen LogP contribution in [0.5, 0.6) is 0 Å². The Labute approximate surface area is 306 Å². The zero-order chi connectivity index (χ0) is 38.4. The molecule has 2 aliphatic carbocycles. The second-order valence-electron chi connectivity index (χ2n) is 16.0. The van der Waals surface area contributed by atoms with Crippen LogP contribution in [0.15, 0.2) is 29.5 Å². The van der Waals surface area contributed by atoms with Crippen LogP contribution in [-0.2, 0) is 34.0 Å². The van der Waals surface area contributed by atoms with Gasteiger partial charge < -0.3 is 20.9 Å². The van der Waals surface area contributed by atoms with Gasteiger partial charge >= 0.3 is 5.16 Å². The van der Waals surface area contributed by atoms with E-state index >= 15 is 0 Å². The number of rotatable bonds is 16. The summed E-state index contributed by atoms with van der Waals surface area (Å²) in [7, 11) is -4.37. The molecule has 3 aliphatic rings. The highest BCUT2D eigenvalue weighted by atomic mass is 32.2. The maximum absolute atomic E-state index is 14.7. The van der Waals surface area contributed by atoms with Gasteiger partial charge in [0.2, 0.25) is 23.5 Å². The minimum Gasteiger partial charge on any atom is -0.346 e. The van der Waals surface area contributed by atoms with Crippen LogP contribution in [-0.4, -0.2) is 101 Å². The Morgan fingerprint density at radius 1 is 1.06 bits per heavy atom. The number of carbonyl (C=O) groups is 5. The van der Waals surface area contributed by atoms with Crippen molar-refractivity contribution in [1.82, 2.24) is 46.2 Å². The number of ketones is 1. The Bertz CT molecular complexity index is 1620. The Balaban J connectivity index is 1.64. The maximum Gasteiger partial charge on any atom is 0.303 e. The highest BCUT2D eigenvalue weighted by Gasteiger charge is 2.49. The quantitative estimate of drug-likeness (QED) is 0.122. The molecule has 17 heteroatoms. The molecule has 0 radical (unpaired) electrons. The second kappa shape index (κ2) is 16.8. The van der Waals surface area contributed by atoms with E-state index in [-0.39, 0.29) is 19.0 Å². The van der Waals surface area contributed by atoms with Gasteiger partial charge in [-0.3, -0.25) is 24.0 Å². The first kappa shape index (κ1) is 40.8. The predicted molar refractivity (Wildman–Crippen MR) is 191 cm³/mol. The second-order valence-corrected chi connectivity index (χ2v) is 17.7. The van der Waals surface area contributed by atoms with Crippen LogP contribution in [0.2, 0.25) is 0 Å². The van der Waals surface area contributed by atoms with E-state index in [9.17, 15) is 32.4 Å². The van der Waals surface area contributed by atoms with Crippen LogP contribution in [0.25, 0.3) is 0 Å². The molecule has 2 saturated carbocycles. The molecule has 0 aromatic carbocycles. The number of nitrogens with one attached hydrogen (secondary N) is 5. The van der Waals surface area contributed by atoms with Crippen LogP contribution >= 0.6 is 0 Å². The summed E-state index contributed by atoms with van der Waals surface area (Å²) in [5, 5.41) is 20.2. The predicted octanol–water partition coefficient (Wildman–Crippen LogP) is 1.69. The molecular weight excluding hydrogens is 691 g/mol. The summed E-state index contributed by atoms with van der Waals surface area (Å²) in [5.41, 5.74) is -0.721. The van der Waals surface area contributed by atoms with Gasteiger partial charge in [-0.1, -0.05) is 82.6 Å². The van der Waals surface area contributed by atoms with E-state index in [1.54, 1.807) is 20.8 Å². The van der Waals surface area contributed by atoms with Crippen molar-refractivity contribution in [2.75, 3.05) is 13.1 Å². The van der Waals surface area contributed by atoms with Crippen molar-refractivity contribution in [3.63, 3.8) is 0 Å². The summed E-state index contributed by atoms with van der Waals surface area (Å²) in [6, 6.07) is -4.54. The fourth-order valence-corrected chi connectivity index (χ4v) is 8.38. The lowest BCUT2D eigenvalue weighted by Gasteiger charge is -2.42. The molecule has 0 bridgehead atoms. The number of aromatic amines is 1. The molecule has 1 aromatic rings. The van der Waals surface area contributed by atoms with E-state index < -0.39 is 85.5 Å². The number of carbonyl (C=O) groups excluding carboxylic acids is 5. The van der Waals surface area contributed by atoms with Gasteiger partial charge in [-0.15, -0.1) is 11.7 Å². The Hall–Kier alpha value is -3.99. The number of H-pyrrole nitrogens is 1. The van der Waals surface area contributed by atoms with Gasteiger partial charge in [-0.2, -0.15) is 9.94 Å². The van der Waals surface area contributed by atoms with E-state index in [0.717, 1.165) is 37.7 Å². The molecule has 5 atom stereocenters. The fourth-order valence-electron chi connectivity index (χ4n) is 7.26. The molecule has 1 saturated heterocycles. The van der Waals surface area contributed by atoms with Crippen molar-refractivity contribution < 1.29 is 32.4 Å². The number of nitrogens with zero attached hydrogens (tertiary/aromatic N) is 4. The zero-order valence-electron chi connectivity index (χ0n) is 31.2. The molecule has 16 nitrogen and oxygen atoms in total. The largest absolute Gasteiger partial charge is 0.346 e. The first-order valence-corrected chi connectivity index (χ1v) is 19.6. The number of sulfonamides is 1. The summed E-state index contributed by atoms with van der Waals surface area (Å²) >= 11 is 0. The lowest BCUT2D eigenvalue weighted by Crippen LogP contribution is -2.63. The van der Waals surface area contributed by atoms with Crippen molar-refractivity contribution in [3.8, 4) is 0 Å². The number of hydrogen-bond donors (Lipinski definition) is 5. The van der Waals surface area contributed by atoms with E-state index in [0.29, 0.717) is 25.7 Å². The molecule has 5 N–H and O–H groups in total. The highest BCUT2D eigenvalue weighted by Crippen LogP contribution is 2.40. The van der Waals surface area contributed by atoms with Gasteiger partial charge in [0.15, 0.2) is 0 Å². The van der Waals surface area contributed by atoms with Crippen LogP contribution in [0.4, 0.5) is 0 Å². The van der Waals surface area contributed by atoms with E-state index in [2.05, 4.69) is 47.9 Å². The molecule has 52 heavy (non-hydrogen) atoms.